The Labute approximate surface area is 325 Å². The highest BCUT2D eigenvalue weighted by atomic mass is 35.5. The Balaban J connectivity index is 1.32. The van der Waals surface area contributed by atoms with E-state index in [1.807, 2.05) is 31.2 Å². The Bertz CT molecular complexity index is 2140. The minimum absolute atomic E-state index is 0.0994. The van der Waals surface area contributed by atoms with Crippen LogP contribution >= 0.6 is 23.2 Å². The van der Waals surface area contributed by atoms with Crippen LogP contribution in [-0.4, -0.2) is 96.2 Å². The van der Waals surface area contributed by atoms with E-state index in [0.717, 1.165) is 30.4 Å². The first-order valence-electron chi connectivity index (χ1n) is 18.1. The van der Waals surface area contributed by atoms with Gasteiger partial charge in [0.05, 0.1) is 28.8 Å². The zero-order valence-electron chi connectivity index (χ0n) is 30.4. The lowest BCUT2D eigenvalue weighted by atomic mass is 9.93. The number of hydrogen-bond donors (Lipinski definition) is 0. The van der Waals surface area contributed by atoms with Crippen molar-refractivity contribution in [1.82, 2.24) is 24.2 Å². The van der Waals surface area contributed by atoms with Crippen LogP contribution in [0.5, 0.6) is 5.75 Å². The molecule has 0 aliphatic carbocycles. The number of amides is 3. The number of nitrogens with zero attached hydrogens (tertiary/aromatic N) is 6. The molecule has 0 bridgehead atoms. The quantitative estimate of drug-likeness (QED) is 0.183. The molecule has 3 aliphatic rings. The summed E-state index contributed by atoms with van der Waals surface area (Å²) in [4.78, 5) is 39.0. The first kappa shape index (κ1) is 37.9. The first-order valence-corrected chi connectivity index (χ1v) is 20.3. The summed E-state index contributed by atoms with van der Waals surface area (Å²) in [6.45, 7) is 7.54. The standard InChI is InChI=1S/C39H42Cl2N6O6S/c1-4-52-33-17-16-31(54(50,51)46-18-6-5-7-19-46)24-32(33)37-42-35(27-8-12-29(40)13-9-27)36(28-10-14-30(41)15-11-28)47(37)39(49)45-22-20-44(21-23-45)38(48)34-25(2)43-53-26(34)3/h8-17,24,35-36H,4-7,18-23H2,1-3H3/t35-,36+/m0/s1. The van der Waals surface area contributed by atoms with Crippen molar-refractivity contribution >= 4 is 51.0 Å². The molecular formula is C39H42Cl2N6O6S. The molecule has 0 radical (unpaired) electrons. The van der Waals surface area contributed by atoms with Crippen molar-refractivity contribution in [3.05, 3.63) is 110 Å². The number of halogens is 2. The third kappa shape index (κ3) is 7.34. The molecule has 0 N–H and O–H groups in total. The molecule has 0 saturated carbocycles. The number of rotatable bonds is 8. The molecule has 7 rings (SSSR count). The average molecular weight is 794 g/mol. The van der Waals surface area contributed by atoms with E-state index < -0.39 is 22.1 Å². The summed E-state index contributed by atoms with van der Waals surface area (Å²) in [6, 6.07) is 17.8. The fourth-order valence-corrected chi connectivity index (χ4v) is 9.23. The van der Waals surface area contributed by atoms with E-state index in [1.54, 1.807) is 71.0 Å². The van der Waals surface area contributed by atoms with Gasteiger partial charge in [-0.15, -0.1) is 0 Å². The van der Waals surface area contributed by atoms with Crippen molar-refractivity contribution in [3.63, 3.8) is 0 Å². The normalized spacial score (nSPS) is 19.6. The van der Waals surface area contributed by atoms with Crippen molar-refractivity contribution in [1.29, 1.82) is 0 Å². The minimum Gasteiger partial charge on any atom is -0.493 e. The van der Waals surface area contributed by atoms with E-state index in [-0.39, 0.29) is 48.8 Å². The van der Waals surface area contributed by atoms with E-state index in [4.69, 9.17) is 37.5 Å². The van der Waals surface area contributed by atoms with Gasteiger partial charge in [-0.3, -0.25) is 14.7 Å². The summed E-state index contributed by atoms with van der Waals surface area (Å²) >= 11 is 12.7. The second-order valence-corrected chi connectivity index (χ2v) is 16.4. The lowest BCUT2D eigenvalue weighted by Gasteiger charge is -2.39. The summed E-state index contributed by atoms with van der Waals surface area (Å²) in [5.41, 5.74) is 2.90. The van der Waals surface area contributed by atoms with E-state index in [1.165, 1.54) is 4.31 Å². The minimum atomic E-state index is -3.85. The molecule has 12 nitrogen and oxygen atoms in total. The number of piperazine rings is 1. The molecule has 3 aromatic carbocycles. The zero-order valence-corrected chi connectivity index (χ0v) is 32.7. The molecular weight excluding hydrogens is 751 g/mol. The third-order valence-electron chi connectivity index (χ3n) is 10.2. The van der Waals surface area contributed by atoms with Gasteiger partial charge in [-0.1, -0.05) is 59.0 Å². The summed E-state index contributed by atoms with van der Waals surface area (Å²) in [6.07, 6.45) is 2.57. The Morgan fingerprint density at radius 1 is 0.833 bits per heavy atom. The number of urea groups is 1. The van der Waals surface area contributed by atoms with E-state index in [0.29, 0.717) is 58.1 Å². The SMILES string of the molecule is CCOc1ccc(S(=O)(=O)N2CCCCC2)cc1C1=N[C@@H](c2ccc(Cl)cc2)[C@@H](c2ccc(Cl)cc2)N1C(=O)N1CCN(C(=O)c2c(C)noc2C)CC1. The summed E-state index contributed by atoms with van der Waals surface area (Å²) in [5, 5.41) is 5.02. The van der Waals surface area contributed by atoms with Crippen LogP contribution in [-0.2, 0) is 10.0 Å². The van der Waals surface area contributed by atoms with Crippen LogP contribution in [0.4, 0.5) is 4.79 Å². The van der Waals surface area contributed by atoms with Crippen molar-refractivity contribution in [2.24, 2.45) is 4.99 Å². The number of carbonyl (C=O) groups excluding carboxylic acids is 2. The van der Waals surface area contributed by atoms with Crippen molar-refractivity contribution in [2.45, 2.75) is 57.0 Å². The Morgan fingerprint density at radius 3 is 2.04 bits per heavy atom. The first-order chi connectivity index (χ1) is 26.0. The third-order valence-corrected chi connectivity index (χ3v) is 12.6. The van der Waals surface area contributed by atoms with Gasteiger partial charge in [-0.2, -0.15) is 4.31 Å². The van der Waals surface area contributed by atoms with Crippen LogP contribution in [0.25, 0.3) is 0 Å². The van der Waals surface area contributed by atoms with Gasteiger partial charge in [0, 0.05) is 49.3 Å². The Morgan fingerprint density at radius 2 is 1.44 bits per heavy atom. The summed E-state index contributed by atoms with van der Waals surface area (Å²) in [7, 11) is -3.85. The van der Waals surface area contributed by atoms with Crippen molar-refractivity contribution in [3.8, 4) is 5.75 Å². The molecule has 0 unspecified atom stereocenters. The molecule has 1 aromatic heterocycles. The van der Waals surface area contributed by atoms with Crippen molar-refractivity contribution < 1.29 is 27.3 Å². The number of amidine groups is 1. The number of carbonyl (C=O) groups is 2. The maximum atomic E-state index is 15.1. The maximum Gasteiger partial charge on any atom is 0.326 e. The van der Waals surface area contributed by atoms with Crippen molar-refractivity contribution in [2.75, 3.05) is 45.9 Å². The molecule has 3 amide bonds. The second kappa shape index (κ2) is 15.7. The maximum absolute atomic E-state index is 15.1. The van der Waals surface area contributed by atoms with Gasteiger partial charge in [0.25, 0.3) is 5.91 Å². The Hall–Kier alpha value is -4.43. The molecule has 0 spiro atoms. The molecule has 4 aromatic rings. The number of ether oxygens (including phenoxy) is 1. The average Bonchev–Trinajstić information content (AvgIpc) is 3.74. The molecule has 15 heteroatoms. The summed E-state index contributed by atoms with van der Waals surface area (Å²) in [5.74, 6) is 0.917. The molecule has 2 fully saturated rings. The van der Waals surface area contributed by atoms with Crippen LogP contribution in [0.15, 0.2) is 81.1 Å². The molecule has 2 atom stereocenters. The molecule has 2 saturated heterocycles. The second-order valence-electron chi connectivity index (χ2n) is 13.6. The fourth-order valence-electron chi connectivity index (χ4n) is 7.43. The topological polar surface area (TPSA) is 129 Å². The number of sulfonamides is 1. The van der Waals surface area contributed by atoms with Gasteiger partial charge in [0.2, 0.25) is 10.0 Å². The Kier molecular flexibility index (Phi) is 11.0. The predicted octanol–water partition coefficient (Wildman–Crippen LogP) is 7.29. The highest BCUT2D eigenvalue weighted by Crippen LogP contribution is 2.46. The fraction of sp³-hybridized carbons (Fsp3) is 0.385. The van der Waals surface area contributed by atoms with Crippen LogP contribution in [0.3, 0.4) is 0 Å². The molecule has 284 valence electrons. The van der Waals surface area contributed by atoms with Crippen LogP contribution in [0, 0.1) is 13.8 Å². The smallest absolute Gasteiger partial charge is 0.326 e. The van der Waals surface area contributed by atoms with Gasteiger partial charge >= 0.3 is 6.03 Å². The number of benzene rings is 3. The van der Waals surface area contributed by atoms with E-state index >= 15 is 4.79 Å². The highest BCUT2D eigenvalue weighted by Gasteiger charge is 2.45. The van der Waals surface area contributed by atoms with E-state index in [9.17, 15) is 13.2 Å². The number of piperidine rings is 1. The highest BCUT2D eigenvalue weighted by molar-refractivity contribution is 7.89. The zero-order chi connectivity index (χ0) is 38.1. The number of aliphatic imine (C=N–C) groups is 1. The molecule has 4 heterocycles. The summed E-state index contributed by atoms with van der Waals surface area (Å²) < 4.78 is 40.9. The van der Waals surface area contributed by atoms with E-state index in [2.05, 4.69) is 5.16 Å². The molecule has 54 heavy (non-hydrogen) atoms. The predicted molar refractivity (Wildman–Crippen MR) is 206 cm³/mol. The number of aryl methyl sites for hydroxylation is 2. The monoisotopic (exact) mass is 792 g/mol. The number of hydrogen-bond acceptors (Lipinski definition) is 8. The van der Waals surface area contributed by atoms with Gasteiger partial charge in [0.1, 0.15) is 29.0 Å². The van der Waals surface area contributed by atoms with Crippen LogP contribution < -0.4 is 4.74 Å². The largest absolute Gasteiger partial charge is 0.493 e. The number of aromatic nitrogens is 1. The van der Waals surface area contributed by atoms with Crippen LogP contribution in [0.1, 0.15) is 76.8 Å². The lowest BCUT2D eigenvalue weighted by molar-refractivity contribution is 0.0644. The van der Waals surface area contributed by atoms with Gasteiger partial charge < -0.3 is 19.1 Å². The van der Waals surface area contributed by atoms with Gasteiger partial charge in [-0.05, 0) is 87.2 Å². The van der Waals surface area contributed by atoms with Gasteiger partial charge in [-0.25, -0.2) is 13.2 Å². The van der Waals surface area contributed by atoms with Crippen LogP contribution in [0.2, 0.25) is 10.0 Å². The lowest BCUT2D eigenvalue weighted by Crippen LogP contribution is -2.55. The van der Waals surface area contributed by atoms with Gasteiger partial charge in [0.15, 0.2) is 0 Å². The molecule has 3 aliphatic heterocycles.